The van der Waals surface area contributed by atoms with Crippen LogP contribution in [0.3, 0.4) is 0 Å². The Labute approximate surface area is 96.8 Å². The largest absolute Gasteiger partial charge is 0.395 e. The van der Waals surface area contributed by atoms with Crippen LogP contribution in [-0.2, 0) is 9.53 Å². The molecule has 1 aliphatic heterocycles. The van der Waals surface area contributed by atoms with Gasteiger partial charge in [-0.3, -0.25) is 9.69 Å². The first-order valence-corrected chi connectivity index (χ1v) is 5.90. The predicted octanol–water partition coefficient (Wildman–Crippen LogP) is -0.406. The second-order valence-corrected chi connectivity index (χ2v) is 4.21. The molecule has 0 aliphatic carbocycles. The van der Waals surface area contributed by atoms with E-state index in [1.807, 2.05) is 6.92 Å². The monoisotopic (exact) mass is 230 g/mol. The van der Waals surface area contributed by atoms with Gasteiger partial charge < -0.3 is 15.2 Å². The van der Waals surface area contributed by atoms with E-state index in [1.54, 1.807) is 0 Å². The van der Waals surface area contributed by atoms with Gasteiger partial charge in [0.25, 0.3) is 0 Å². The van der Waals surface area contributed by atoms with Gasteiger partial charge in [0.1, 0.15) is 0 Å². The fraction of sp³-hybridized carbons (Fsp3) is 0.909. The van der Waals surface area contributed by atoms with Crippen molar-refractivity contribution in [1.82, 2.24) is 10.2 Å². The smallest absolute Gasteiger partial charge is 0.234 e. The van der Waals surface area contributed by atoms with Gasteiger partial charge in [0.2, 0.25) is 5.91 Å². The quantitative estimate of drug-likeness (QED) is 0.674. The summed E-state index contributed by atoms with van der Waals surface area (Å²) in [6.45, 7) is 6.33. The van der Waals surface area contributed by atoms with Crippen molar-refractivity contribution < 1.29 is 14.6 Å². The van der Waals surface area contributed by atoms with Gasteiger partial charge in [0.05, 0.1) is 25.9 Å². The molecule has 16 heavy (non-hydrogen) atoms. The van der Waals surface area contributed by atoms with Crippen LogP contribution in [0.25, 0.3) is 0 Å². The van der Waals surface area contributed by atoms with E-state index in [2.05, 4.69) is 17.1 Å². The average molecular weight is 230 g/mol. The molecular formula is C11H22N2O3. The first kappa shape index (κ1) is 13.4. The van der Waals surface area contributed by atoms with E-state index in [-0.39, 0.29) is 18.6 Å². The maximum absolute atomic E-state index is 11.5. The van der Waals surface area contributed by atoms with Crippen LogP contribution in [0, 0.1) is 0 Å². The van der Waals surface area contributed by atoms with E-state index < -0.39 is 0 Å². The summed E-state index contributed by atoms with van der Waals surface area (Å²) in [6.07, 6.45) is 1.17. The molecule has 1 amide bonds. The molecule has 1 aliphatic rings. The van der Waals surface area contributed by atoms with Crippen molar-refractivity contribution in [3.8, 4) is 0 Å². The van der Waals surface area contributed by atoms with Crippen molar-refractivity contribution in [3.05, 3.63) is 0 Å². The highest BCUT2D eigenvalue weighted by Crippen LogP contribution is 2.13. The molecular weight excluding hydrogens is 208 g/mol. The second-order valence-electron chi connectivity index (χ2n) is 4.21. The van der Waals surface area contributed by atoms with Crippen LogP contribution in [0.15, 0.2) is 0 Å². The zero-order valence-electron chi connectivity index (χ0n) is 10.1. The zero-order valence-corrected chi connectivity index (χ0v) is 10.1. The molecule has 0 aromatic carbocycles. The van der Waals surface area contributed by atoms with E-state index in [1.165, 1.54) is 0 Å². The molecule has 2 unspecified atom stereocenters. The van der Waals surface area contributed by atoms with Gasteiger partial charge in [-0.1, -0.05) is 6.92 Å². The van der Waals surface area contributed by atoms with Gasteiger partial charge in [0.15, 0.2) is 0 Å². The molecule has 2 atom stereocenters. The Balaban J connectivity index is 2.39. The number of aliphatic hydroxyl groups is 1. The molecule has 1 heterocycles. The van der Waals surface area contributed by atoms with Crippen LogP contribution >= 0.6 is 0 Å². The maximum Gasteiger partial charge on any atom is 0.234 e. The lowest BCUT2D eigenvalue weighted by Crippen LogP contribution is -2.52. The summed E-state index contributed by atoms with van der Waals surface area (Å²) < 4.78 is 5.56. The molecule has 94 valence electrons. The lowest BCUT2D eigenvalue weighted by atomic mass is 10.1. The molecule has 5 nitrogen and oxygen atoms in total. The molecule has 0 saturated carbocycles. The third-order valence-corrected chi connectivity index (χ3v) is 2.83. The Morgan fingerprint density at radius 2 is 2.38 bits per heavy atom. The van der Waals surface area contributed by atoms with E-state index >= 15 is 0 Å². The predicted molar refractivity (Wildman–Crippen MR) is 61.2 cm³/mol. The highest BCUT2D eigenvalue weighted by atomic mass is 16.5. The Morgan fingerprint density at radius 1 is 1.62 bits per heavy atom. The topological polar surface area (TPSA) is 61.8 Å². The fourth-order valence-corrected chi connectivity index (χ4v) is 1.92. The molecule has 0 radical (unpaired) electrons. The van der Waals surface area contributed by atoms with Crippen molar-refractivity contribution in [2.75, 3.05) is 32.8 Å². The van der Waals surface area contributed by atoms with Gasteiger partial charge in [0, 0.05) is 19.1 Å². The van der Waals surface area contributed by atoms with E-state index in [9.17, 15) is 4.79 Å². The molecule has 2 N–H and O–H groups in total. The van der Waals surface area contributed by atoms with Crippen molar-refractivity contribution in [1.29, 1.82) is 0 Å². The molecule has 1 rings (SSSR count). The van der Waals surface area contributed by atoms with Crippen LogP contribution in [-0.4, -0.2) is 60.9 Å². The summed E-state index contributed by atoms with van der Waals surface area (Å²) in [4.78, 5) is 13.7. The van der Waals surface area contributed by atoms with Crippen LogP contribution in [0.4, 0.5) is 0 Å². The van der Waals surface area contributed by atoms with E-state index in [0.717, 1.165) is 13.0 Å². The molecule has 5 heteroatoms. The number of carbonyl (C=O) groups is 1. The highest BCUT2D eigenvalue weighted by Gasteiger charge is 2.26. The summed E-state index contributed by atoms with van der Waals surface area (Å²) in [5, 5.41) is 11.3. The summed E-state index contributed by atoms with van der Waals surface area (Å²) in [5.74, 6) is -0.0263. The summed E-state index contributed by atoms with van der Waals surface area (Å²) in [6, 6.07) is 0.330. The Kier molecular flexibility index (Phi) is 5.73. The number of hydrogen-bond acceptors (Lipinski definition) is 4. The summed E-state index contributed by atoms with van der Waals surface area (Å²) in [5.41, 5.74) is 0. The van der Waals surface area contributed by atoms with Crippen molar-refractivity contribution >= 4 is 5.91 Å². The minimum absolute atomic E-state index is 0.0114. The number of nitrogens with zero attached hydrogens (tertiary/aromatic N) is 1. The first-order chi connectivity index (χ1) is 7.67. The number of nitrogens with one attached hydrogen (secondary N) is 1. The number of hydrogen-bond donors (Lipinski definition) is 2. The number of amides is 1. The Morgan fingerprint density at radius 3 is 3.00 bits per heavy atom. The second kappa shape index (κ2) is 6.83. The number of aliphatic hydroxyl groups excluding tert-OH is 1. The van der Waals surface area contributed by atoms with Gasteiger partial charge in [-0.25, -0.2) is 0 Å². The van der Waals surface area contributed by atoms with Crippen LogP contribution in [0.1, 0.15) is 20.3 Å². The molecule has 0 aromatic heterocycles. The third kappa shape index (κ3) is 4.08. The van der Waals surface area contributed by atoms with Crippen molar-refractivity contribution in [2.45, 2.75) is 32.4 Å². The molecule has 0 spiro atoms. The number of ether oxygens (including phenoxy) is 1. The normalized spacial score (nSPS) is 26.7. The van der Waals surface area contributed by atoms with Gasteiger partial charge in [-0.15, -0.1) is 0 Å². The number of carbonyl (C=O) groups excluding carboxylic acids is 1. The lowest BCUT2D eigenvalue weighted by Gasteiger charge is -2.37. The maximum atomic E-state index is 11.5. The third-order valence-electron chi connectivity index (χ3n) is 2.83. The zero-order chi connectivity index (χ0) is 12.0. The first-order valence-electron chi connectivity index (χ1n) is 5.90. The number of rotatable bonds is 5. The van der Waals surface area contributed by atoms with Crippen LogP contribution < -0.4 is 5.32 Å². The summed E-state index contributed by atoms with van der Waals surface area (Å²) in [7, 11) is 0. The van der Waals surface area contributed by atoms with E-state index in [4.69, 9.17) is 9.84 Å². The highest BCUT2D eigenvalue weighted by molar-refractivity contribution is 5.78. The summed E-state index contributed by atoms with van der Waals surface area (Å²) >= 11 is 0. The average Bonchev–Trinajstić information content (AvgIpc) is 2.27. The van der Waals surface area contributed by atoms with Crippen molar-refractivity contribution in [2.24, 2.45) is 0 Å². The molecule has 0 aromatic rings. The van der Waals surface area contributed by atoms with Gasteiger partial charge >= 0.3 is 0 Å². The minimum Gasteiger partial charge on any atom is -0.395 e. The minimum atomic E-state index is -0.0263. The lowest BCUT2D eigenvalue weighted by molar-refractivity contribution is -0.126. The van der Waals surface area contributed by atoms with Gasteiger partial charge in [-0.2, -0.15) is 0 Å². The van der Waals surface area contributed by atoms with Crippen LogP contribution in [0.5, 0.6) is 0 Å². The standard InChI is InChI=1S/C11H22N2O3/c1-3-10-8-16-9(2)6-13(10)7-11(15)12-4-5-14/h9-10,14H,3-8H2,1-2H3,(H,12,15). The van der Waals surface area contributed by atoms with Gasteiger partial charge in [-0.05, 0) is 13.3 Å². The fourth-order valence-electron chi connectivity index (χ4n) is 1.92. The van der Waals surface area contributed by atoms with E-state index in [0.29, 0.717) is 25.7 Å². The molecule has 0 bridgehead atoms. The molecule has 1 saturated heterocycles. The van der Waals surface area contributed by atoms with Crippen LogP contribution in [0.2, 0.25) is 0 Å². The number of morpholine rings is 1. The SMILES string of the molecule is CCC1COC(C)CN1CC(=O)NCCO. The molecule has 1 fully saturated rings. The van der Waals surface area contributed by atoms with Crippen molar-refractivity contribution in [3.63, 3.8) is 0 Å². The Bertz CT molecular complexity index is 223. The Hall–Kier alpha value is -0.650.